The van der Waals surface area contributed by atoms with E-state index in [1.54, 1.807) is 0 Å². The third-order valence-corrected chi connectivity index (χ3v) is 8.81. The third-order valence-electron chi connectivity index (χ3n) is 8.81. The van der Waals surface area contributed by atoms with Gasteiger partial charge in [-0.2, -0.15) is 0 Å². The summed E-state index contributed by atoms with van der Waals surface area (Å²) >= 11 is 0. The second-order valence-corrected chi connectivity index (χ2v) is 10.7. The van der Waals surface area contributed by atoms with Gasteiger partial charge in [-0.1, -0.05) is 74.5 Å². The maximum absolute atomic E-state index is 13.8. The molecule has 0 N–H and O–H groups in total. The van der Waals surface area contributed by atoms with Crippen molar-refractivity contribution >= 4 is 17.2 Å². The summed E-state index contributed by atoms with van der Waals surface area (Å²) in [5.74, 6) is 1.44. The Kier molecular flexibility index (Phi) is 5.69. The molecule has 1 heterocycles. The predicted octanol–water partition coefficient (Wildman–Crippen LogP) is 6.82. The number of piperidine rings is 1. The molecule has 2 fully saturated rings. The van der Waals surface area contributed by atoms with E-state index in [2.05, 4.69) is 79.4 Å². The molecule has 3 heteroatoms. The second-order valence-electron chi connectivity index (χ2n) is 10.7. The molecule has 0 aromatic heterocycles. The van der Waals surface area contributed by atoms with Crippen molar-refractivity contribution in [2.75, 3.05) is 13.1 Å². The molecule has 1 aliphatic heterocycles. The number of carbonyl (C=O) groups is 1. The molecule has 0 unspecified atom stereocenters. The Labute approximate surface area is 208 Å². The van der Waals surface area contributed by atoms with Crippen LogP contribution in [0.2, 0.25) is 0 Å². The highest BCUT2D eigenvalue weighted by atomic mass is 16.1. The molecule has 35 heavy (non-hydrogen) atoms. The summed E-state index contributed by atoms with van der Waals surface area (Å²) in [5.41, 5.74) is 6.28. The lowest BCUT2D eigenvalue weighted by Gasteiger charge is -2.55. The van der Waals surface area contributed by atoms with Gasteiger partial charge >= 0.3 is 0 Å². The summed E-state index contributed by atoms with van der Waals surface area (Å²) in [6.45, 7) is 6.75. The quantitative estimate of drug-likeness (QED) is 0.377. The lowest BCUT2D eigenvalue weighted by molar-refractivity contribution is 0.0197. The number of nitrogens with zero attached hydrogens (tertiary/aromatic N) is 2. The number of Topliss-reactive ketones (excluding diaryl/α,β-unsaturated/α-hetero) is 1. The average Bonchev–Trinajstić information content (AvgIpc) is 3.72. The van der Waals surface area contributed by atoms with Crippen molar-refractivity contribution in [3.05, 3.63) is 101 Å². The van der Waals surface area contributed by atoms with Crippen LogP contribution in [0.15, 0.2) is 83.9 Å². The predicted molar refractivity (Wildman–Crippen MR) is 143 cm³/mol. The Morgan fingerprint density at radius 2 is 1.63 bits per heavy atom. The minimum absolute atomic E-state index is 0.0235. The molecule has 0 amide bonds. The molecule has 1 saturated carbocycles. The highest BCUT2D eigenvalue weighted by Gasteiger charge is 2.54. The molecule has 3 aromatic carbocycles. The van der Waals surface area contributed by atoms with Crippen molar-refractivity contribution in [1.82, 2.24) is 4.90 Å². The molecule has 3 aliphatic rings. The molecule has 3 nitrogen and oxygen atoms in total. The van der Waals surface area contributed by atoms with Gasteiger partial charge in [-0.25, -0.2) is 4.99 Å². The van der Waals surface area contributed by atoms with Crippen LogP contribution < -0.4 is 0 Å². The van der Waals surface area contributed by atoms with E-state index in [9.17, 15) is 4.79 Å². The molecule has 2 bridgehead atoms. The van der Waals surface area contributed by atoms with Crippen molar-refractivity contribution < 1.29 is 4.79 Å². The number of hydrogen-bond donors (Lipinski definition) is 0. The highest BCUT2D eigenvalue weighted by molar-refractivity contribution is 6.14. The van der Waals surface area contributed by atoms with Crippen LogP contribution in [0, 0.1) is 11.8 Å². The molecule has 0 radical (unpaired) electrons. The van der Waals surface area contributed by atoms with Crippen LogP contribution in [0.1, 0.15) is 66.6 Å². The minimum atomic E-state index is 0.0235. The number of rotatable bonds is 6. The summed E-state index contributed by atoms with van der Waals surface area (Å²) in [7, 11) is 0. The Bertz CT molecular complexity index is 1220. The Hall–Kier alpha value is -3.04. The van der Waals surface area contributed by atoms with Crippen LogP contribution in [0.25, 0.3) is 0 Å². The van der Waals surface area contributed by atoms with Crippen LogP contribution in [0.3, 0.4) is 0 Å². The topological polar surface area (TPSA) is 32.7 Å². The number of benzene rings is 3. The standard InChI is InChI=1S/C32H34N2O/c1-3-32-18-19-34(21-23-14-15-23)30(22(32)2)31(35)27-17-16-26(20-28(27)32)33-29(24-10-6-4-7-11-24)25-12-8-5-9-13-25/h4-13,16-17,20,22-23,30H,3,14-15,18-19,21H2,1-2H3/t22-,30-,32+/m1/s1. The molecule has 3 aromatic rings. The minimum Gasteiger partial charge on any atom is -0.293 e. The Balaban J connectivity index is 1.45. The van der Waals surface area contributed by atoms with Crippen molar-refractivity contribution in [3.63, 3.8) is 0 Å². The van der Waals surface area contributed by atoms with Crippen LogP contribution in [0.5, 0.6) is 0 Å². The fourth-order valence-corrected chi connectivity index (χ4v) is 6.63. The van der Waals surface area contributed by atoms with E-state index in [1.807, 2.05) is 18.2 Å². The lowest BCUT2D eigenvalue weighted by atomic mass is 9.56. The summed E-state index contributed by atoms with van der Waals surface area (Å²) in [6.07, 6.45) is 4.83. The number of hydrogen-bond acceptors (Lipinski definition) is 3. The largest absolute Gasteiger partial charge is 0.293 e. The zero-order valence-electron chi connectivity index (χ0n) is 20.8. The SMILES string of the molecule is CC[C@@]12CCN(CC3CC3)[C@@H](C(=O)c3ccc(N=C(c4ccccc4)c4ccccc4)cc31)[C@H]2C. The van der Waals surface area contributed by atoms with E-state index < -0.39 is 0 Å². The van der Waals surface area contributed by atoms with Gasteiger partial charge in [-0.15, -0.1) is 0 Å². The maximum Gasteiger partial charge on any atom is 0.180 e. The first-order valence-corrected chi connectivity index (χ1v) is 13.2. The van der Waals surface area contributed by atoms with Crippen LogP contribution in [0.4, 0.5) is 5.69 Å². The zero-order chi connectivity index (χ0) is 24.0. The van der Waals surface area contributed by atoms with E-state index >= 15 is 0 Å². The number of aliphatic imine (C=N–C) groups is 1. The van der Waals surface area contributed by atoms with Crippen LogP contribution in [-0.2, 0) is 5.41 Å². The van der Waals surface area contributed by atoms with Gasteiger partial charge in [0.25, 0.3) is 0 Å². The fourth-order valence-electron chi connectivity index (χ4n) is 6.63. The highest BCUT2D eigenvalue weighted by Crippen LogP contribution is 2.52. The molecular weight excluding hydrogens is 428 g/mol. The Morgan fingerprint density at radius 3 is 2.23 bits per heavy atom. The van der Waals surface area contributed by atoms with Gasteiger partial charge in [0.1, 0.15) is 0 Å². The van der Waals surface area contributed by atoms with Crippen LogP contribution in [-0.4, -0.2) is 35.5 Å². The van der Waals surface area contributed by atoms with Gasteiger partial charge in [0.2, 0.25) is 0 Å². The maximum atomic E-state index is 13.8. The van der Waals surface area contributed by atoms with Crippen molar-refractivity contribution in [2.24, 2.45) is 16.8 Å². The fraction of sp³-hybridized carbons (Fsp3) is 0.375. The van der Waals surface area contributed by atoms with Crippen molar-refractivity contribution in [3.8, 4) is 0 Å². The van der Waals surface area contributed by atoms with E-state index in [-0.39, 0.29) is 11.5 Å². The van der Waals surface area contributed by atoms with Gasteiger partial charge in [0.05, 0.1) is 17.4 Å². The molecule has 178 valence electrons. The summed E-state index contributed by atoms with van der Waals surface area (Å²) in [5, 5.41) is 0. The summed E-state index contributed by atoms with van der Waals surface area (Å²) in [4.78, 5) is 21.5. The first-order chi connectivity index (χ1) is 17.1. The lowest BCUT2D eigenvalue weighted by Crippen LogP contribution is -2.61. The molecule has 6 rings (SSSR count). The second kappa shape index (κ2) is 8.87. The number of carbonyl (C=O) groups excluding carboxylic acids is 1. The van der Waals surface area contributed by atoms with Crippen molar-refractivity contribution in [2.45, 2.75) is 51.0 Å². The monoisotopic (exact) mass is 462 g/mol. The zero-order valence-corrected chi connectivity index (χ0v) is 20.8. The Morgan fingerprint density at radius 1 is 0.971 bits per heavy atom. The molecule has 3 atom stereocenters. The molecule has 0 spiro atoms. The van der Waals surface area contributed by atoms with E-state index in [0.29, 0.717) is 11.7 Å². The van der Waals surface area contributed by atoms with Crippen LogP contribution >= 0.6 is 0 Å². The third kappa shape index (κ3) is 3.87. The normalized spacial score (nSPS) is 25.7. The summed E-state index contributed by atoms with van der Waals surface area (Å²) < 4.78 is 0. The average molecular weight is 463 g/mol. The molecular formula is C32H34N2O. The molecule has 2 aliphatic carbocycles. The van der Waals surface area contributed by atoms with E-state index in [0.717, 1.165) is 59.9 Å². The van der Waals surface area contributed by atoms with Gasteiger partial charge in [0, 0.05) is 28.7 Å². The van der Waals surface area contributed by atoms with Gasteiger partial charge in [0.15, 0.2) is 5.78 Å². The molecule has 1 saturated heterocycles. The van der Waals surface area contributed by atoms with Gasteiger partial charge in [-0.05, 0) is 67.8 Å². The van der Waals surface area contributed by atoms with Gasteiger partial charge < -0.3 is 0 Å². The number of fused-ring (bicyclic) bond motifs is 4. The van der Waals surface area contributed by atoms with E-state index in [4.69, 9.17) is 4.99 Å². The van der Waals surface area contributed by atoms with Gasteiger partial charge in [-0.3, -0.25) is 9.69 Å². The van der Waals surface area contributed by atoms with Crippen molar-refractivity contribution in [1.29, 1.82) is 0 Å². The number of likely N-dealkylation sites (tertiary alicyclic amines) is 1. The smallest absolute Gasteiger partial charge is 0.180 e. The van der Waals surface area contributed by atoms with E-state index in [1.165, 1.54) is 18.4 Å². The number of ketones is 1. The first-order valence-electron chi connectivity index (χ1n) is 13.2. The summed E-state index contributed by atoms with van der Waals surface area (Å²) in [6, 6.07) is 27.1. The first kappa shape index (κ1) is 22.4.